The molecule has 0 saturated carbocycles. The molecule has 1 heteroatoms. The van der Waals surface area contributed by atoms with Gasteiger partial charge in [0, 0.05) is 9.50 Å². The third-order valence-electron chi connectivity index (χ3n) is 4.04. The Morgan fingerprint density at radius 1 is 1.19 bits per heavy atom. The zero-order valence-electron chi connectivity index (χ0n) is 9.57. The molecule has 0 spiro atoms. The average molecular weight is 322 g/mol. The second-order valence-electron chi connectivity index (χ2n) is 5.27. The van der Waals surface area contributed by atoms with Gasteiger partial charge in [-0.3, -0.25) is 0 Å². The van der Waals surface area contributed by atoms with Gasteiger partial charge in [-0.2, -0.15) is 0 Å². The van der Waals surface area contributed by atoms with Crippen molar-refractivity contribution in [1.82, 2.24) is 0 Å². The van der Waals surface area contributed by atoms with Gasteiger partial charge in [0.15, 0.2) is 0 Å². The maximum atomic E-state index is 2.44. The van der Waals surface area contributed by atoms with Crippen LogP contribution in [0.4, 0.5) is 0 Å². The first-order chi connectivity index (χ1) is 7.60. The van der Waals surface area contributed by atoms with Crippen molar-refractivity contribution < 1.29 is 0 Å². The van der Waals surface area contributed by atoms with Crippen molar-refractivity contribution in [2.24, 2.45) is 5.92 Å². The minimum atomic E-state index is 0.266. The fourth-order valence-electron chi connectivity index (χ4n) is 3.15. The molecule has 3 rings (SSSR count). The lowest BCUT2D eigenvalue weighted by atomic mass is 9.74. The van der Waals surface area contributed by atoms with E-state index in [0.29, 0.717) is 11.8 Å². The molecule has 0 N–H and O–H groups in total. The molecule has 16 heavy (non-hydrogen) atoms. The Morgan fingerprint density at radius 3 is 2.75 bits per heavy atom. The number of hydrogen-bond acceptors (Lipinski definition) is 0. The third kappa shape index (κ3) is 1.33. The Hall–Kier alpha value is -0.570. The Balaban J connectivity index is 2.21. The summed E-state index contributed by atoms with van der Waals surface area (Å²) in [6.07, 6.45) is 7.06. The van der Waals surface area contributed by atoms with Gasteiger partial charge < -0.3 is 0 Å². The second-order valence-corrected chi connectivity index (χ2v) is 6.52. The largest absolute Gasteiger partial charge is 0.0753 e. The molecule has 0 saturated heterocycles. The number of benzene rings is 1. The zero-order valence-corrected chi connectivity index (χ0v) is 11.7. The van der Waals surface area contributed by atoms with Gasteiger partial charge in [0.1, 0.15) is 0 Å². The number of allylic oxidation sites excluding steroid dienone is 4. The van der Waals surface area contributed by atoms with E-state index in [-0.39, 0.29) is 5.41 Å². The monoisotopic (exact) mass is 322 g/mol. The molecular weight excluding hydrogens is 307 g/mol. The first kappa shape index (κ1) is 10.6. The highest BCUT2D eigenvalue weighted by Gasteiger charge is 2.44. The number of fused-ring (bicyclic) bond motifs is 3. The lowest BCUT2D eigenvalue weighted by molar-refractivity contribution is 0.394. The molecule has 1 aromatic carbocycles. The minimum absolute atomic E-state index is 0.266. The maximum absolute atomic E-state index is 2.44. The molecule has 1 aromatic rings. The van der Waals surface area contributed by atoms with E-state index in [1.54, 1.807) is 0 Å². The number of halogens is 1. The molecule has 2 atom stereocenters. The van der Waals surface area contributed by atoms with Gasteiger partial charge in [-0.05, 0) is 45.1 Å². The van der Waals surface area contributed by atoms with Crippen LogP contribution in [0.25, 0.3) is 0 Å². The first-order valence-corrected chi connectivity index (χ1v) is 6.83. The van der Waals surface area contributed by atoms with Crippen LogP contribution in [0.3, 0.4) is 0 Å². The first-order valence-electron chi connectivity index (χ1n) is 5.75. The van der Waals surface area contributed by atoms with E-state index in [9.17, 15) is 0 Å². The molecule has 0 radical (unpaired) electrons. The second kappa shape index (κ2) is 3.46. The van der Waals surface area contributed by atoms with Crippen molar-refractivity contribution in [1.29, 1.82) is 0 Å². The van der Waals surface area contributed by atoms with Crippen molar-refractivity contribution in [3.63, 3.8) is 0 Å². The Labute approximate surface area is 111 Å². The molecule has 0 aromatic heterocycles. The molecule has 82 valence electrons. The van der Waals surface area contributed by atoms with E-state index in [0.717, 1.165) is 0 Å². The van der Waals surface area contributed by atoms with Crippen molar-refractivity contribution in [2.45, 2.75) is 25.2 Å². The van der Waals surface area contributed by atoms with Crippen molar-refractivity contribution >= 4 is 22.6 Å². The van der Waals surface area contributed by atoms with Gasteiger partial charge in [0.05, 0.1) is 0 Å². The predicted octanol–water partition coefficient (Wildman–Crippen LogP) is 4.57. The van der Waals surface area contributed by atoms with Crippen molar-refractivity contribution in [3.8, 4) is 0 Å². The van der Waals surface area contributed by atoms with E-state index >= 15 is 0 Å². The van der Waals surface area contributed by atoms with Crippen LogP contribution in [0.5, 0.6) is 0 Å². The normalized spacial score (nSPS) is 29.6. The molecule has 0 aliphatic heterocycles. The molecule has 0 fully saturated rings. The summed E-state index contributed by atoms with van der Waals surface area (Å²) in [6.45, 7) is 4.74. The third-order valence-corrected chi connectivity index (χ3v) is 4.76. The van der Waals surface area contributed by atoms with Crippen LogP contribution in [0.1, 0.15) is 30.9 Å². The standard InChI is InChI=1S/C15H15I/c1-15(2)13-6-4-3-5-11(13)12-8-7-10(16)9-14(12)15/h3-9,12,14H,1-2H3. The minimum Gasteiger partial charge on any atom is -0.0753 e. The summed E-state index contributed by atoms with van der Waals surface area (Å²) < 4.78 is 1.37. The lowest BCUT2D eigenvalue weighted by Gasteiger charge is -2.30. The van der Waals surface area contributed by atoms with Gasteiger partial charge in [0.25, 0.3) is 0 Å². The summed E-state index contributed by atoms with van der Waals surface area (Å²) >= 11 is 2.42. The van der Waals surface area contributed by atoms with Gasteiger partial charge in [-0.1, -0.05) is 56.3 Å². The summed E-state index contributed by atoms with van der Waals surface area (Å²) in [5.41, 5.74) is 3.31. The fourth-order valence-corrected chi connectivity index (χ4v) is 3.75. The fraction of sp³-hybridized carbons (Fsp3) is 0.333. The van der Waals surface area contributed by atoms with Gasteiger partial charge in [-0.15, -0.1) is 0 Å². The zero-order chi connectivity index (χ0) is 11.3. The average Bonchev–Trinajstić information content (AvgIpc) is 2.49. The maximum Gasteiger partial charge on any atom is 0.00960 e. The molecule has 2 unspecified atom stereocenters. The van der Waals surface area contributed by atoms with E-state index in [1.807, 2.05) is 0 Å². The molecule has 0 nitrogen and oxygen atoms in total. The summed E-state index contributed by atoms with van der Waals surface area (Å²) in [6, 6.07) is 8.91. The lowest BCUT2D eigenvalue weighted by Crippen LogP contribution is -2.24. The van der Waals surface area contributed by atoms with Gasteiger partial charge >= 0.3 is 0 Å². The Bertz CT molecular complexity index is 494. The SMILES string of the molecule is CC1(C)c2ccccc2C2C=CC(I)=CC21. The molecule has 0 bridgehead atoms. The van der Waals surface area contributed by atoms with E-state index in [2.05, 4.69) is 78.9 Å². The Kier molecular flexibility index (Phi) is 2.29. The quantitative estimate of drug-likeness (QED) is 0.614. The van der Waals surface area contributed by atoms with Crippen LogP contribution in [0, 0.1) is 5.92 Å². The molecule has 2 aliphatic rings. The highest BCUT2D eigenvalue weighted by atomic mass is 127. The van der Waals surface area contributed by atoms with Crippen LogP contribution in [0.2, 0.25) is 0 Å². The molecule has 0 amide bonds. The van der Waals surface area contributed by atoms with E-state index in [1.165, 1.54) is 14.7 Å². The topological polar surface area (TPSA) is 0 Å². The molecular formula is C15H15I. The molecule has 2 aliphatic carbocycles. The summed E-state index contributed by atoms with van der Waals surface area (Å²) in [5, 5.41) is 0. The highest BCUT2D eigenvalue weighted by molar-refractivity contribution is 14.1. The summed E-state index contributed by atoms with van der Waals surface area (Å²) in [4.78, 5) is 0. The molecule has 0 heterocycles. The van der Waals surface area contributed by atoms with Crippen LogP contribution in [-0.4, -0.2) is 0 Å². The Morgan fingerprint density at radius 2 is 1.94 bits per heavy atom. The number of hydrogen-bond donors (Lipinski definition) is 0. The van der Waals surface area contributed by atoms with Crippen LogP contribution in [-0.2, 0) is 5.41 Å². The van der Waals surface area contributed by atoms with Gasteiger partial charge in [-0.25, -0.2) is 0 Å². The summed E-state index contributed by atoms with van der Waals surface area (Å²) in [7, 11) is 0. The smallest absolute Gasteiger partial charge is 0.00960 e. The predicted molar refractivity (Wildman–Crippen MR) is 76.9 cm³/mol. The number of rotatable bonds is 0. The summed E-state index contributed by atoms with van der Waals surface area (Å²) in [5.74, 6) is 1.21. The highest BCUT2D eigenvalue weighted by Crippen LogP contribution is 2.53. The van der Waals surface area contributed by atoms with Crippen LogP contribution >= 0.6 is 22.6 Å². The van der Waals surface area contributed by atoms with Crippen molar-refractivity contribution in [2.75, 3.05) is 0 Å². The van der Waals surface area contributed by atoms with Gasteiger partial charge in [0.2, 0.25) is 0 Å². The van der Waals surface area contributed by atoms with Crippen LogP contribution in [0.15, 0.2) is 46.1 Å². The van der Waals surface area contributed by atoms with Crippen molar-refractivity contribution in [3.05, 3.63) is 57.2 Å². The van der Waals surface area contributed by atoms with E-state index in [4.69, 9.17) is 0 Å². The van der Waals surface area contributed by atoms with E-state index < -0.39 is 0 Å². The van der Waals surface area contributed by atoms with Crippen LogP contribution < -0.4 is 0 Å².